The monoisotopic (exact) mass is 369 g/mol. The molecule has 1 spiro atoms. The standard InChI is InChI=1S/C17H18F3N3O3/c18-17(19,20)6-5-14(25)22-8-7-16(10-22)11-3-1-2-4-12(11)23(15(16)26)9-13(21)24/h1-4H,5-10H2,(H2,21,24). The maximum absolute atomic E-state index is 13.0. The van der Waals surface area contributed by atoms with E-state index in [4.69, 9.17) is 5.73 Å². The van der Waals surface area contributed by atoms with Crippen molar-refractivity contribution in [3.63, 3.8) is 0 Å². The number of likely N-dealkylation sites (tertiary alicyclic amines) is 1. The van der Waals surface area contributed by atoms with E-state index in [9.17, 15) is 27.6 Å². The Hall–Kier alpha value is -2.58. The molecule has 2 aliphatic heterocycles. The first kappa shape index (κ1) is 18.2. The number of primary amides is 1. The fraction of sp³-hybridized carbons (Fsp3) is 0.471. The molecule has 140 valence electrons. The Balaban J connectivity index is 1.83. The molecule has 2 N–H and O–H groups in total. The summed E-state index contributed by atoms with van der Waals surface area (Å²) >= 11 is 0. The Labute approximate surface area is 147 Å². The molecule has 1 aromatic carbocycles. The van der Waals surface area contributed by atoms with Gasteiger partial charge in [0.1, 0.15) is 6.54 Å². The van der Waals surface area contributed by atoms with Gasteiger partial charge in [-0.25, -0.2) is 0 Å². The number of para-hydroxylation sites is 1. The number of hydrogen-bond acceptors (Lipinski definition) is 3. The van der Waals surface area contributed by atoms with Crippen LogP contribution in [0.15, 0.2) is 24.3 Å². The van der Waals surface area contributed by atoms with Gasteiger partial charge in [-0.3, -0.25) is 14.4 Å². The van der Waals surface area contributed by atoms with Crippen molar-refractivity contribution >= 4 is 23.4 Å². The Bertz CT molecular complexity index is 765. The third-order valence-corrected chi connectivity index (χ3v) is 4.92. The summed E-state index contributed by atoms with van der Waals surface area (Å²) in [6.07, 6.45) is -5.93. The van der Waals surface area contributed by atoms with Crippen LogP contribution in [0.3, 0.4) is 0 Å². The first-order chi connectivity index (χ1) is 12.1. The van der Waals surface area contributed by atoms with Crippen molar-refractivity contribution < 1.29 is 27.6 Å². The van der Waals surface area contributed by atoms with E-state index in [2.05, 4.69) is 0 Å². The minimum atomic E-state index is -4.40. The van der Waals surface area contributed by atoms with Gasteiger partial charge in [-0.2, -0.15) is 13.2 Å². The lowest BCUT2D eigenvalue weighted by Gasteiger charge is -2.24. The van der Waals surface area contributed by atoms with E-state index in [1.165, 1.54) is 9.80 Å². The number of nitrogens with zero attached hydrogens (tertiary/aromatic N) is 2. The largest absolute Gasteiger partial charge is 0.389 e. The average molecular weight is 369 g/mol. The second kappa shape index (κ2) is 6.30. The van der Waals surface area contributed by atoms with Crippen LogP contribution in [-0.4, -0.2) is 48.4 Å². The summed E-state index contributed by atoms with van der Waals surface area (Å²) in [7, 11) is 0. The van der Waals surface area contributed by atoms with Crippen LogP contribution >= 0.6 is 0 Å². The summed E-state index contributed by atoms with van der Waals surface area (Å²) in [5.41, 5.74) is 5.44. The highest BCUT2D eigenvalue weighted by Crippen LogP contribution is 2.47. The van der Waals surface area contributed by atoms with E-state index in [0.717, 1.165) is 0 Å². The molecule has 1 fully saturated rings. The van der Waals surface area contributed by atoms with Gasteiger partial charge in [-0.15, -0.1) is 0 Å². The second-order valence-corrected chi connectivity index (χ2v) is 6.64. The van der Waals surface area contributed by atoms with E-state index in [1.807, 2.05) is 0 Å². The third kappa shape index (κ3) is 3.13. The van der Waals surface area contributed by atoms with Gasteiger partial charge >= 0.3 is 6.18 Å². The summed E-state index contributed by atoms with van der Waals surface area (Å²) in [5, 5.41) is 0. The van der Waals surface area contributed by atoms with E-state index in [0.29, 0.717) is 17.7 Å². The van der Waals surface area contributed by atoms with Crippen molar-refractivity contribution in [2.45, 2.75) is 30.9 Å². The van der Waals surface area contributed by atoms with Gasteiger partial charge in [0, 0.05) is 25.2 Å². The molecule has 2 aliphatic rings. The van der Waals surface area contributed by atoms with E-state index in [1.54, 1.807) is 24.3 Å². The summed E-state index contributed by atoms with van der Waals surface area (Å²) in [6.45, 7) is -0.0738. The number of rotatable bonds is 4. The Morgan fingerprint density at radius 2 is 1.92 bits per heavy atom. The lowest BCUT2D eigenvalue weighted by molar-refractivity contribution is -0.148. The highest BCUT2D eigenvalue weighted by Gasteiger charge is 2.55. The number of nitrogens with two attached hydrogens (primary N) is 1. The lowest BCUT2D eigenvalue weighted by atomic mass is 9.81. The predicted octanol–water partition coefficient (Wildman–Crippen LogP) is 1.33. The molecule has 3 amide bonds. The number of fused-ring (bicyclic) bond motifs is 2. The number of carbonyl (C=O) groups is 3. The molecule has 26 heavy (non-hydrogen) atoms. The van der Waals surface area contributed by atoms with Gasteiger partial charge in [0.2, 0.25) is 17.7 Å². The van der Waals surface area contributed by atoms with Gasteiger partial charge in [-0.1, -0.05) is 18.2 Å². The molecule has 6 nitrogen and oxygen atoms in total. The maximum Gasteiger partial charge on any atom is 0.389 e. The Morgan fingerprint density at radius 1 is 1.23 bits per heavy atom. The van der Waals surface area contributed by atoms with E-state index < -0.39 is 36.2 Å². The van der Waals surface area contributed by atoms with Gasteiger partial charge in [0.25, 0.3) is 0 Å². The SMILES string of the molecule is NC(=O)CN1C(=O)C2(CCN(C(=O)CCC(F)(F)F)C2)c2ccccc21. The fourth-order valence-electron chi connectivity index (χ4n) is 3.73. The normalized spacial score (nSPS) is 22.2. The molecule has 0 bridgehead atoms. The predicted molar refractivity (Wildman–Crippen MR) is 86.2 cm³/mol. The first-order valence-electron chi connectivity index (χ1n) is 8.18. The van der Waals surface area contributed by atoms with Crippen molar-refractivity contribution in [2.75, 3.05) is 24.5 Å². The third-order valence-electron chi connectivity index (χ3n) is 4.92. The number of alkyl halides is 3. The smallest absolute Gasteiger partial charge is 0.368 e. The number of halogens is 3. The van der Waals surface area contributed by atoms with Crippen LogP contribution in [0.5, 0.6) is 0 Å². The average Bonchev–Trinajstić information content (AvgIpc) is 3.10. The zero-order valence-corrected chi connectivity index (χ0v) is 13.9. The van der Waals surface area contributed by atoms with Crippen molar-refractivity contribution in [1.82, 2.24) is 4.90 Å². The molecular weight excluding hydrogens is 351 g/mol. The molecular formula is C17H18F3N3O3. The van der Waals surface area contributed by atoms with Crippen LogP contribution in [0.1, 0.15) is 24.8 Å². The molecule has 0 saturated carbocycles. The van der Waals surface area contributed by atoms with Gasteiger partial charge in [0.05, 0.1) is 11.8 Å². The van der Waals surface area contributed by atoms with Crippen LogP contribution in [0.2, 0.25) is 0 Å². The lowest BCUT2D eigenvalue weighted by Crippen LogP contribution is -2.45. The molecule has 1 unspecified atom stereocenters. The number of amides is 3. The number of anilines is 1. The molecule has 9 heteroatoms. The van der Waals surface area contributed by atoms with Gasteiger partial charge in [-0.05, 0) is 18.1 Å². The van der Waals surface area contributed by atoms with E-state index in [-0.39, 0.29) is 25.5 Å². The summed E-state index contributed by atoms with van der Waals surface area (Å²) < 4.78 is 37.1. The summed E-state index contributed by atoms with van der Waals surface area (Å²) in [4.78, 5) is 39.1. The zero-order valence-electron chi connectivity index (χ0n) is 13.9. The minimum Gasteiger partial charge on any atom is -0.368 e. The molecule has 1 saturated heterocycles. The Kier molecular flexibility index (Phi) is 4.41. The van der Waals surface area contributed by atoms with Crippen molar-refractivity contribution in [2.24, 2.45) is 5.73 Å². The van der Waals surface area contributed by atoms with Crippen molar-refractivity contribution in [3.8, 4) is 0 Å². The van der Waals surface area contributed by atoms with Crippen LogP contribution in [0.4, 0.5) is 18.9 Å². The zero-order chi connectivity index (χ0) is 19.1. The maximum atomic E-state index is 13.0. The van der Waals surface area contributed by atoms with Crippen molar-refractivity contribution in [1.29, 1.82) is 0 Å². The highest BCUT2D eigenvalue weighted by molar-refractivity contribution is 6.11. The molecule has 0 aromatic heterocycles. The molecule has 1 atom stereocenters. The molecule has 0 radical (unpaired) electrons. The van der Waals surface area contributed by atoms with E-state index >= 15 is 0 Å². The second-order valence-electron chi connectivity index (χ2n) is 6.64. The number of hydrogen-bond donors (Lipinski definition) is 1. The quantitative estimate of drug-likeness (QED) is 0.869. The molecule has 1 aromatic rings. The fourth-order valence-corrected chi connectivity index (χ4v) is 3.73. The summed E-state index contributed by atoms with van der Waals surface area (Å²) in [6, 6.07) is 6.91. The van der Waals surface area contributed by atoms with Gasteiger partial charge in [0.15, 0.2) is 0 Å². The number of benzene rings is 1. The number of carbonyl (C=O) groups excluding carboxylic acids is 3. The molecule has 2 heterocycles. The highest BCUT2D eigenvalue weighted by atomic mass is 19.4. The van der Waals surface area contributed by atoms with Gasteiger partial charge < -0.3 is 15.5 Å². The van der Waals surface area contributed by atoms with Crippen LogP contribution in [-0.2, 0) is 19.8 Å². The summed E-state index contributed by atoms with van der Waals surface area (Å²) in [5.74, 6) is -1.64. The minimum absolute atomic E-state index is 0.00873. The molecule has 3 rings (SSSR count). The van der Waals surface area contributed by atoms with Crippen LogP contribution in [0, 0.1) is 0 Å². The van der Waals surface area contributed by atoms with Crippen molar-refractivity contribution in [3.05, 3.63) is 29.8 Å². The molecule has 0 aliphatic carbocycles. The first-order valence-corrected chi connectivity index (χ1v) is 8.18. The Morgan fingerprint density at radius 3 is 2.58 bits per heavy atom. The topological polar surface area (TPSA) is 83.7 Å². The van der Waals surface area contributed by atoms with Crippen LogP contribution in [0.25, 0.3) is 0 Å². The van der Waals surface area contributed by atoms with Crippen LogP contribution < -0.4 is 10.6 Å².